The summed E-state index contributed by atoms with van der Waals surface area (Å²) in [5, 5.41) is 0. The topological polar surface area (TPSA) is 47.9 Å². The zero-order valence-corrected chi connectivity index (χ0v) is 16.9. The van der Waals surface area contributed by atoms with Crippen LogP contribution >= 0.6 is 0 Å². The van der Waals surface area contributed by atoms with Crippen molar-refractivity contribution in [1.29, 1.82) is 0 Å². The smallest absolute Gasteiger partial charge is 0.367 e. The maximum atomic E-state index is 10.2. The van der Waals surface area contributed by atoms with Crippen LogP contribution in [-0.2, 0) is 13.3 Å². The van der Waals surface area contributed by atoms with Gasteiger partial charge in [0.05, 0.1) is 0 Å². The van der Waals surface area contributed by atoms with Gasteiger partial charge in [-0.3, -0.25) is 0 Å². The minimum Gasteiger partial charge on any atom is -0.367 e. The van der Waals surface area contributed by atoms with Gasteiger partial charge in [0.15, 0.2) is 0 Å². The Morgan fingerprint density at radius 1 is 0.739 bits per heavy atom. The second-order valence-corrected chi connectivity index (χ2v) is 8.15. The molecule has 0 bridgehead atoms. The SMILES string of the molecule is CCCCCCCCCCCCC(C)O[Si](O)(OCC)OCC. The van der Waals surface area contributed by atoms with E-state index in [1.54, 1.807) is 0 Å². The van der Waals surface area contributed by atoms with Crippen molar-refractivity contribution in [3.8, 4) is 0 Å². The third-order valence-electron chi connectivity index (χ3n) is 3.97. The Bertz CT molecular complexity index is 245. The monoisotopic (exact) mass is 348 g/mol. The predicted octanol–water partition coefficient (Wildman–Crippen LogP) is 5.20. The van der Waals surface area contributed by atoms with Gasteiger partial charge in [0.1, 0.15) is 0 Å². The van der Waals surface area contributed by atoms with E-state index < -0.39 is 9.05 Å². The second kappa shape index (κ2) is 15.6. The molecule has 140 valence electrons. The van der Waals surface area contributed by atoms with Crippen LogP contribution in [0.15, 0.2) is 0 Å². The van der Waals surface area contributed by atoms with Crippen LogP contribution in [0, 0.1) is 0 Å². The molecular weight excluding hydrogens is 308 g/mol. The lowest BCUT2D eigenvalue weighted by Gasteiger charge is -2.25. The first kappa shape index (κ1) is 23.1. The maximum Gasteiger partial charge on any atom is 0.677 e. The average molecular weight is 349 g/mol. The maximum absolute atomic E-state index is 10.2. The third kappa shape index (κ3) is 14.1. The summed E-state index contributed by atoms with van der Waals surface area (Å²) >= 11 is 0. The molecule has 0 aliphatic carbocycles. The molecule has 1 unspecified atom stereocenters. The van der Waals surface area contributed by atoms with E-state index in [-0.39, 0.29) is 6.10 Å². The highest BCUT2D eigenvalue weighted by molar-refractivity contribution is 6.51. The molecule has 0 heterocycles. The van der Waals surface area contributed by atoms with Crippen LogP contribution in [0.3, 0.4) is 0 Å². The van der Waals surface area contributed by atoms with Gasteiger partial charge >= 0.3 is 9.05 Å². The van der Waals surface area contributed by atoms with E-state index >= 15 is 0 Å². The summed E-state index contributed by atoms with van der Waals surface area (Å²) in [6.45, 7) is 8.75. The molecular formula is C18H40O4Si. The molecule has 1 N–H and O–H groups in total. The summed E-state index contributed by atoms with van der Waals surface area (Å²) in [6.07, 6.45) is 14.2. The Balaban J connectivity index is 3.56. The van der Waals surface area contributed by atoms with Crippen LogP contribution in [0.5, 0.6) is 0 Å². The molecule has 1 atom stereocenters. The summed E-state index contributed by atoms with van der Waals surface area (Å²) in [6, 6.07) is 0. The lowest BCUT2D eigenvalue weighted by atomic mass is 10.1. The molecule has 0 saturated carbocycles. The fourth-order valence-corrected chi connectivity index (χ4v) is 4.28. The first-order valence-corrected chi connectivity index (χ1v) is 11.4. The minimum absolute atomic E-state index is 0.0150. The summed E-state index contributed by atoms with van der Waals surface area (Å²) < 4.78 is 16.2. The molecule has 0 amide bonds. The van der Waals surface area contributed by atoms with E-state index in [1.807, 2.05) is 20.8 Å². The molecule has 4 nitrogen and oxygen atoms in total. The zero-order valence-electron chi connectivity index (χ0n) is 15.9. The quantitative estimate of drug-likeness (QED) is 0.290. The van der Waals surface area contributed by atoms with Crippen molar-refractivity contribution in [3.05, 3.63) is 0 Å². The summed E-state index contributed by atoms with van der Waals surface area (Å²) in [4.78, 5) is 10.2. The van der Waals surface area contributed by atoms with E-state index in [4.69, 9.17) is 13.3 Å². The normalized spacial score (nSPS) is 13.4. The van der Waals surface area contributed by atoms with E-state index in [0.717, 1.165) is 12.8 Å². The molecule has 0 aromatic heterocycles. The molecule has 0 rings (SSSR count). The van der Waals surface area contributed by atoms with E-state index in [0.29, 0.717) is 13.2 Å². The predicted molar refractivity (Wildman–Crippen MR) is 98.2 cm³/mol. The first-order valence-electron chi connectivity index (χ1n) is 9.76. The van der Waals surface area contributed by atoms with Crippen LogP contribution in [0.2, 0.25) is 0 Å². The van der Waals surface area contributed by atoms with Gasteiger partial charge in [-0.1, -0.05) is 71.1 Å². The molecule has 0 aliphatic rings. The van der Waals surface area contributed by atoms with Crippen LogP contribution in [0.1, 0.15) is 98.3 Å². The lowest BCUT2D eigenvalue weighted by Crippen LogP contribution is -2.48. The van der Waals surface area contributed by atoms with E-state index in [9.17, 15) is 4.80 Å². The number of hydrogen-bond acceptors (Lipinski definition) is 4. The van der Waals surface area contributed by atoms with Crippen molar-refractivity contribution in [3.63, 3.8) is 0 Å². The summed E-state index contributed by atoms with van der Waals surface area (Å²) in [7, 11) is -3.41. The van der Waals surface area contributed by atoms with Gasteiger partial charge in [0.25, 0.3) is 0 Å². The van der Waals surface area contributed by atoms with Crippen molar-refractivity contribution in [2.24, 2.45) is 0 Å². The average Bonchev–Trinajstić information content (AvgIpc) is 2.49. The van der Waals surface area contributed by atoms with E-state index in [1.165, 1.54) is 57.8 Å². The third-order valence-corrected chi connectivity index (χ3v) is 5.97. The zero-order chi connectivity index (χ0) is 17.4. The van der Waals surface area contributed by atoms with Gasteiger partial charge in [-0.05, 0) is 27.2 Å². The van der Waals surface area contributed by atoms with Crippen molar-refractivity contribution in [2.45, 2.75) is 104 Å². The molecule has 0 aliphatic heterocycles. The fourth-order valence-electron chi connectivity index (χ4n) is 2.71. The Morgan fingerprint density at radius 3 is 1.61 bits per heavy atom. The molecule has 0 radical (unpaired) electrons. The van der Waals surface area contributed by atoms with Crippen LogP contribution in [0.4, 0.5) is 0 Å². The number of rotatable bonds is 17. The first-order chi connectivity index (χ1) is 11.1. The standard InChI is InChI=1S/C18H40O4Si/c1-5-8-9-10-11-12-13-14-15-16-17-18(4)22-23(19,20-6-2)21-7-3/h18-19H,5-17H2,1-4H3. The van der Waals surface area contributed by atoms with Crippen molar-refractivity contribution < 1.29 is 18.1 Å². The molecule has 0 aromatic carbocycles. The Kier molecular flexibility index (Phi) is 15.6. The van der Waals surface area contributed by atoms with Crippen molar-refractivity contribution in [1.82, 2.24) is 0 Å². The Morgan fingerprint density at radius 2 is 1.17 bits per heavy atom. The largest absolute Gasteiger partial charge is 0.677 e. The molecule has 0 saturated heterocycles. The number of unbranched alkanes of at least 4 members (excludes halogenated alkanes) is 9. The minimum atomic E-state index is -3.41. The van der Waals surface area contributed by atoms with Gasteiger partial charge in [0.2, 0.25) is 0 Å². The fraction of sp³-hybridized carbons (Fsp3) is 1.00. The van der Waals surface area contributed by atoms with Gasteiger partial charge in [-0.15, -0.1) is 0 Å². The highest BCUT2D eigenvalue weighted by atomic mass is 28.4. The van der Waals surface area contributed by atoms with Crippen LogP contribution in [-0.4, -0.2) is 33.2 Å². The molecule has 0 fully saturated rings. The highest BCUT2D eigenvalue weighted by Gasteiger charge is 2.42. The van der Waals surface area contributed by atoms with Crippen LogP contribution < -0.4 is 0 Å². The van der Waals surface area contributed by atoms with Crippen molar-refractivity contribution in [2.75, 3.05) is 13.2 Å². The van der Waals surface area contributed by atoms with Crippen molar-refractivity contribution >= 4 is 9.05 Å². The van der Waals surface area contributed by atoms with Gasteiger partial charge in [-0.2, -0.15) is 0 Å². The van der Waals surface area contributed by atoms with E-state index in [2.05, 4.69) is 6.92 Å². The summed E-state index contributed by atoms with van der Waals surface area (Å²) in [5.41, 5.74) is 0. The summed E-state index contributed by atoms with van der Waals surface area (Å²) in [5.74, 6) is 0. The number of hydrogen-bond donors (Lipinski definition) is 1. The van der Waals surface area contributed by atoms with Gasteiger partial charge in [-0.25, -0.2) is 0 Å². The van der Waals surface area contributed by atoms with Gasteiger partial charge < -0.3 is 18.1 Å². The van der Waals surface area contributed by atoms with Gasteiger partial charge in [0, 0.05) is 19.3 Å². The van der Waals surface area contributed by atoms with Crippen LogP contribution in [0.25, 0.3) is 0 Å². The molecule has 0 spiro atoms. The highest BCUT2D eigenvalue weighted by Crippen LogP contribution is 2.16. The Hall–Kier alpha value is 0.0569. The molecule has 0 aromatic rings. The molecule has 5 heteroatoms. The second-order valence-electron chi connectivity index (χ2n) is 6.29. The molecule has 23 heavy (non-hydrogen) atoms. The lowest BCUT2D eigenvalue weighted by molar-refractivity contribution is -0.0260. The Labute approximate surface area is 145 Å².